The molecule has 1 nitrogen and oxygen atoms in total. The van der Waals surface area contributed by atoms with E-state index in [0.717, 1.165) is 18.4 Å². The van der Waals surface area contributed by atoms with E-state index in [1.54, 1.807) is 6.07 Å². The molecule has 0 aliphatic heterocycles. The summed E-state index contributed by atoms with van der Waals surface area (Å²) in [6.07, 6.45) is 1.85. The fourth-order valence-corrected chi connectivity index (χ4v) is 2.27. The summed E-state index contributed by atoms with van der Waals surface area (Å²) in [6.45, 7) is 4.33. The van der Waals surface area contributed by atoms with Gasteiger partial charge < -0.3 is 5.11 Å². The molecule has 0 spiro atoms. The van der Waals surface area contributed by atoms with Crippen molar-refractivity contribution in [3.05, 3.63) is 35.1 Å². The molecule has 0 fully saturated rings. The lowest BCUT2D eigenvalue weighted by atomic mass is 9.78. The van der Waals surface area contributed by atoms with Crippen molar-refractivity contribution in [3.63, 3.8) is 0 Å². The second-order valence-corrected chi connectivity index (χ2v) is 5.16. The molecule has 1 unspecified atom stereocenters. The Bertz CT molecular complexity index is 371. The minimum absolute atomic E-state index is 0.0739. The normalized spacial score (nSPS) is 20.4. The van der Waals surface area contributed by atoms with E-state index in [9.17, 15) is 9.50 Å². The SMILES string of the molecule is CC(C)(CO)C1Cc2ccc(F)cc2C1. The van der Waals surface area contributed by atoms with Gasteiger partial charge >= 0.3 is 0 Å². The van der Waals surface area contributed by atoms with Crippen molar-refractivity contribution in [3.8, 4) is 0 Å². The van der Waals surface area contributed by atoms with Crippen LogP contribution in [-0.2, 0) is 12.8 Å². The number of fused-ring (bicyclic) bond motifs is 1. The minimum Gasteiger partial charge on any atom is -0.396 e. The zero-order valence-electron chi connectivity index (χ0n) is 9.26. The smallest absolute Gasteiger partial charge is 0.123 e. The van der Waals surface area contributed by atoms with Crippen LogP contribution in [-0.4, -0.2) is 11.7 Å². The molecule has 0 radical (unpaired) electrons. The van der Waals surface area contributed by atoms with Gasteiger partial charge in [-0.1, -0.05) is 19.9 Å². The van der Waals surface area contributed by atoms with Crippen LogP contribution in [0.2, 0.25) is 0 Å². The van der Waals surface area contributed by atoms with Crippen molar-refractivity contribution in [2.24, 2.45) is 11.3 Å². The van der Waals surface area contributed by atoms with Gasteiger partial charge in [-0.3, -0.25) is 0 Å². The third-order valence-electron chi connectivity index (χ3n) is 3.61. The second kappa shape index (κ2) is 3.60. The summed E-state index contributed by atoms with van der Waals surface area (Å²) < 4.78 is 13.0. The molecule has 0 heterocycles. The number of hydrogen-bond acceptors (Lipinski definition) is 1. The first-order valence-electron chi connectivity index (χ1n) is 5.41. The number of aliphatic hydroxyl groups is 1. The molecule has 1 aliphatic rings. The fraction of sp³-hybridized carbons (Fsp3) is 0.538. The van der Waals surface area contributed by atoms with Crippen LogP contribution in [0.5, 0.6) is 0 Å². The molecule has 1 aromatic carbocycles. The second-order valence-electron chi connectivity index (χ2n) is 5.16. The molecule has 1 aliphatic carbocycles. The van der Waals surface area contributed by atoms with E-state index in [1.165, 1.54) is 11.6 Å². The zero-order chi connectivity index (χ0) is 11.1. The number of benzene rings is 1. The van der Waals surface area contributed by atoms with Crippen molar-refractivity contribution in [1.82, 2.24) is 0 Å². The summed E-state index contributed by atoms with van der Waals surface area (Å²) in [6, 6.07) is 5.02. The maximum Gasteiger partial charge on any atom is 0.123 e. The van der Waals surface area contributed by atoms with Gasteiger partial charge in [0.2, 0.25) is 0 Å². The standard InChI is InChI=1S/C13H17FO/c1-13(2,8-15)11-5-9-3-4-12(14)7-10(9)6-11/h3-4,7,11,15H,5-6,8H2,1-2H3. The Labute approximate surface area is 89.9 Å². The summed E-state index contributed by atoms with van der Waals surface area (Å²) in [7, 11) is 0. The van der Waals surface area contributed by atoms with Crippen LogP contribution in [0.1, 0.15) is 25.0 Å². The van der Waals surface area contributed by atoms with Gasteiger partial charge in [0.1, 0.15) is 5.82 Å². The molecular weight excluding hydrogens is 191 g/mol. The Balaban J connectivity index is 2.22. The van der Waals surface area contributed by atoms with Crippen molar-refractivity contribution >= 4 is 0 Å². The number of halogens is 1. The third-order valence-corrected chi connectivity index (χ3v) is 3.61. The first kappa shape index (κ1) is 10.6. The maximum atomic E-state index is 13.0. The molecular formula is C13H17FO. The lowest BCUT2D eigenvalue weighted by molar-refractivity contribution is 0.101. The third kappa shape index (κ3) is 1.91. The van der Waals surface area contributed by atoms with E-state index >= 15 is 0 Å². The van der Waals surface area contributed by atoms with Crippen LogP contribution < -0.4 is 0 Å². The lowest BCUT2D eigenvalue weighted by Crippen LogP contribution is -2.28. The molecule has 0 bridgehead atoms. The van der Waals surface area contributed by atoms with E-state index in [-0.39, 0.29) is 17.8 Å². The molecule has 0 amide bonds. The quantitative estimate of drug-likeness (QED) is 0.792. The molecule has 1 atom stereocenters. The van der Waals surface area contributed by atoms with E-state index in [2.05, 4.69) is 13.8 Å². The molecule has 15 heavy (non-hydrogen) atoms. The highest BCUT2D eigenvalue weighted by Gasteiger charge is 2.33. The average molecular weight is 208 g/mol. The zero-order valence-corrected chi connectivity index (χ0v) is 9.26. The maximum absolute atomic E-state index is 13.0. The van der Waals surface area contributed by atoms with E-state index in [4.69, 9.17) is 0 Å². The highest BCUT2D eigenvalue weighted by molar-refractivity contribution is 5.33. The molecule has 0 aromatic heterocycles. The van der Waals surface area contributed by atoms with Crippen LogP contribution >= 0.6 is 0 Å². The van der Waals surface area contributed by atoms with E-state index in [1.807, 2.05) is 6.07 Å². The molecule has 0 saturated carbocycles. The summed E-state index contributed by atoms with van der Waals surface area (Å²) in [5.41, 5.74) is 2.28. The van der Waals surface area contributed by atoms with Crippen LogP contribution in [0.15, 0.2) is 18.2 Å². The molecule has 1 aromatic rings. The van der Waals surface area contributed by atoms with Crippen molar-refractivity contribution in [2.75, 3.05) is 6.61 Å². The Hall–Kier alpha value is -0.890. The molecule has 1 N–H and O–H groups in total. The van der Waals surface area contributed by atoms with Gasteiger partial charge in [0.05, 0.1) is 0 Å². The van der Waals surface area contributed by atoms with Crippen molar-refractivity contribution < 1.29 is 9.50 Å². The predicted molar refractivity (Wildman–Crippen MR) is 58.2 cm³/mol. The molecule has 82 valence electrons. The van der Waals surface area contributed by atoms with Gasteiger partial charge in [0.15, 0.2) is 0 Å². The highest BCUT2D eigenvalue weighted by atomic mass is 19.1. The first-order chi connectivity index (χ1) is 7.03. The number of aliphatic hydroxyl groups excluding tert-OH is 1. The van der Waals surface area contributed by atoms with Crippen LogP contribution in [0.25, 0.3) is 0 Å². The van der Waals surface area contributed by atoms with E-state index < -0.39 is 0 Å². The van der Waals surface area contributed by atoms with Crippen molar-refractivity contribution in [2.45, 2.75) is 26.7 Å². The number of rotatable bonds is 2. The van der Waals surface area contributed by atoms with Gasteiger partial charge in [-0.05, 0) is 47.4 Å². The highest BCUT2D eigenvalue weighted by Crippen LogP contribution is 2.38. The Kier molecular flexibility index (Phi) is 2.55. The predicted octanol–water partition coefficient (Wildman–Crippen LogP) is 2.56. The lowest BCUT2D eigenvalue weighted by Gasteiger charge is -2.29. The summed E-state index contributed by atoms with van der Waals surface area (Å²) in [5, 5.41) is 9.31. The number of hydrogen-bond donors (Lipinski definition) is 1. The monoisotopic (exact) mass is 208 g/mol. The Morgan fingerprint density at radius 3 is 2.67 bits per heavy atom. The summed E-state index contributed by atoms with van der Waals surface area (Å²) >= 11 is 0. The molecule has 2 rings (SSSR count). The summed E-state index contributed by atoms with van der Waals surface area (Å²) in [4.78, 5) is 0. The van der Waals surface area contributed by atoms with Crippen LogP contribution in [0.3, 0.4) is 0 Å². The fourth-order valence-electron chi connectivity index (χ4n) is 2.27. The van der Waals surface area contributed by atoms with Gasteiger partial charge in [-0.25, -0.2) is 4.39 Å². The summed E-state index contributed by atoms with van der Waals surface area (Å²) in [5.74, 6) is 0.274. The van der Waals surface area contributed by atoms with Crippen LogP contribution in [0.4, 0.5) is 4.39 Å². The van der Waals surface area contributed by atoms with Gasteiger partial charge in [-0.2, -0.15) is 0 Å². The molecule has 2 heteroatoms. The average Bonchev–Trinajstić information content (AvgIpc) is 2.61. The largest absolute Gasteiger partial charge is 0.396 e. The van der Waals surface area contributed by atoms with Gasteiger partial charge in [0, 0.05) is 6.61 Å². The van der Waals surface area contributed by atoms with E-state index in [0.29, 0.717) is 5.92 Å². The van der Waals surface area contributed by atoms with Crippen molar-refractivity contribution in [1.29, 1.82) is 0 Å². The Morgan fingerprint density at radius 1 is 1.33 bits per heavy atom. The molecule has 0 saturated heterocycles. The topological polar surface area (TPSA) is 20.2 Å². The Morgan fingerprint density at radius 2 is 2.00 bits per heavy atom. The minimum atomic E-state index is -0.156. The van der Waals surface area contributed by atoms with Crippen LogP contribution in [0, 0.1) is 17.2 Å². The first-order valence-corrected chi connectivity index (χ1v) is 5.41. The van der Waals surface area contributed by atoms with Gasteiger partial charge in [-0.15, -0.1) is 0 Å². The van der Waals surface area contributed by atoms with Gasteiger partial charge in [0.25, 0.3) is 0 Å².